The van der Waals surface area contributed by atoms with E-state index >= 15 is 0 Å². The van der Waals surface area contributed by atoms with Crippen molar-refractivity contribution in [2.24, 2.45) is 5.10 Å². The molecule has 9 heteroatoms. The molecule has 0 bridgehead atoms. The summed E-state index contributed by atoms with van der Waals surface area (Å²) >= 11 is 0. The molecular weight excluding hydrogens is 304 g/mol. The maximum Gasteiger partial charge on any atom is 0.282 e. The van der Waals surface area contributed by atoms with E-state index in [1.807, 2.05) is 0 Å². The lowest BCUT2D eigenvalue weighted by Crippen LogP contribution is -2.18. The molecule has 116 valence electrons. The van der Waals surface area contributed by atoms with Crippen molar-refractivity contribution in [2.45, 2.75) is 0 Å². The Morgan fingerprint density at radius 3 is 2.26 bits per heavy atom. The molecule has 9 nitrogen and oxygen atoms in total. The number of benzene rings is 2. The van der Waals surface area contributed by atoms with Crippen LogP contribution >= 0.6 is 0 Å². The minimum atomic E-state index is -0.726. The summed E-state index contributed by atoms with van der Waals surface area (Å²) in [5.74, 6) is -0.726. The normalized spacial score (nSPS) is 10.4. The van der Waals surface area contributed by atoms with Crippen LogP contribution in [0.2, 0.25) is 0 Å². The number of carbonyl (C=O) groups is 1. The van der Waals surface area contributed by atoms with Crippen molar-refractivity contribution in [1.82, 2.24) is 5.43 Å². The number of para-hydroxylation sites is 1. The van der Waals surface area contributed by atoms with Crippen LogP contribution in [-0.2, 0) is 0 Å². The number of non-ortho nitro benzene ring substituents is 1. The highest BCUT2D eigenvalue weighted by Crippen LogP contribution is 2.17. The highest BCUT2D eigenvalue weighted by atomic mass is 16.6. The van der Waals surface area contributed by atoms with Gasteiger partial charge in [0, 0.05) is 18.2 Å². The molecule has 0 aliphatic rings. The number of nitro benzene ring substituents is 2. The lowest BCUT2D eigenvalue weighted by atomic mass is 10.2. The predicted octanol–water partition coefficient (Wildman–Crippen LogP) is 2.27. The highest BCUT2D eigenvalue weighted by molar-refractivity contribution is 5.98. The standard InChI is InChI=1S/C14H10N4O5/c19-14(12-3-1-2-4-13(12)18(22)23)16-15-9-10-5-7-11(8-6-10)17(20)21/h1-9H,(H,16,19)/b15-9-. The first-order chi connectivity index (χ1) is 11.0. The van der Waals surface area contributed by atoms with Gasteiger partial charge in [0.05, 0.1) is 16.1 Å². The number of hydrogen-bond acceptors (Lipinski definition) is 6. The molecule has 0 atom stereocenters. The Morgan fingerprint density at radius 2 is 1.65 bits per heavy atom. The van der Waals surface area contributed by atoms with Crippen molar-refractivity contribution in [3.8, 4) is 0 Å². The third-order valence-electron chi connectivity index (χ3n) is 2.83. The number of nitrogens with one attached hydrogen (secondary N) is 1. The SMILES string of the molecule is O=C(N/N=C\c1ccc([N+](=O)[O-])cc1)c1ccccc1[N+](=O)[O-]. The molecule has 0 aliphatic heterocycles. The molecular formula is C14H10N4O5. The van der Waals surface area contributed by atoms with Gasteiger partial charge in [0.1, 0.15) is 5.56 Å². The molecule has 0 saturated heterocycles. The summed E-state index contributed by atoms with van der Waals surface area (Å²) in [7, 11) is 0. The Balaban J connectivity index is 2.07. The number of hydrogen-bond donors (Lipinski definition) is 1. The van der Waals surface area contributed by atoms with Crippen molar-refractivity contribution in [1.29, 1.82) is 0 Å². The van der Waals surface area contributed by atoms with Gasteiger partial charge >= 0.3 is 0 Å². The molecule has 0 aromatic heterocycles. The van der Waals surface area contributed by atoms with Gasteiger partial charge < -0.3 is 0 Å². The van der Waals surface area contributed by atoms with Crippen molar-refractivity contribution in [2.75, 3.05) is 0 Å². The van der Waals surface area contributed by atoms with Crippen LogP contribution < -0.4 is 5.43 Å². The Morgan fingerprint density at radius 1 is 1.00 bits per heavy atom. The number of nitro groups is 2. The second-order valence-electron chi connectivity index (χ2n) is 4.32. The first-order valence-electron chi connectivity index (χ1n) is 6.30. The van der Waals surface area contributed by atoms with Gasteiger partial charge in [-0.15, -0.1) is 0 Å². The first kappa shape index (κ1) is 15.8. The average molecular weight is 314 g/mol. The van der Waals surface area contributed by atoms with Gasteiger partial charge in [-0.1, -0.05) is 12.1 Å². The Bertz CT molecular complexity index is 786. The van der Waals surface area contributed by atoms with Crippen molar-refractivity contribution in [3.63, 3.8) is 0 Å². The fraction of sp³-hybridized carbons (Fsp3) is 0. The molecule has 2 rings (SSSR count). The molecule has 0 aliphatic carbocycles. The number of amides is 1. The summed E-state index contributed by atoms with van der Waals surface area (Å²) in [4.78, 5) is 32.1. The third kappa shape index (κ3) is 3.94. The molecule has 2 aromatic carbocycles. The molecule has 1 N–H and O–H groups in total. The monoisotopic (exact) mass is 314 g/mol. The Hall–Kier alpha value is -3.62. The summed E-state index contributed by atoms with van der Waals surface area (Å²) < 4.78 is 0. The molecule has 23 heavy (non-hydrogen) atoms. The lowest BCUT2D eigenvalue weighted by Gasteiger charge is -2.01. The van der Waals surface area contributed by atoms with Gasteiger partial charge in [-0.3, -0.25) is 25.0 Å². The van der Waals surface area contributed by atoms with Crippen LogP contribution in [0, 0.1) is 20.2 Å². The lowest BCUT2D eigenvalue weighted by molar-refractivity contribution is -0.385. The second-order valence-corrected chi connectivity index (χ2v) is 4.32. The van der Waals surface area contributed by atoms with E-state index < -0.39 is 15.8 Å². The van der Waals surface area contributed by atoms with Crippen LogP contribution in [0.5, 0.6) is 0 Å². The first-order valence-corrected chi connectivity index (χ1v) is 6.30. The van der Waals surface area contributed by atoms with Gasteiger partial charge in [0.15, 0.2) is 0 Å². The maximum absolute atomic E-state index is 11.9. The summed E-state index contributed by atoms with van der Waals surface area (Å²) in [5.41, 5.74) is 2.20. The van der Waals surface area contributed by atoms with E-state index in [2.05, 4.69) is 10.5 Å². The van der Waals surface area contributed by atoms with Crippen LogP contribution in [0.4, 0.5) is 11.4 Å². The second kappa shape index (κ2) is 6.89. The fourth-order valence-electron chi connectivity index (χ4n) is 1.73. The van der Waals surface area contributed by atoms with E-state index in [0.29, 0.717) is 5.56 Å². The van der Waals surface area contributed by atoms with Gasteiger partial charge in [-0.2, -0.15) is 5.10 Å². The van der Waals surface area contributed by atoms with Gasteiger partial charge in [0.2, 0.25) is 0 Å². The van der Waals surface area contributed by atoms with E-state index in [9.17, 15) is 25.0 Å². The fourth-order valence-corrected chi connectivity index (χ4v) is 1.73. The average Bonchev–Trinajstić information content (AvgIpc) is 2.55. The largest absolute Gasteiger partial charge is 0.282 e. The molecule has 0 spiro atoms. The molecule has 0 unspecified atom stereocenters. The van der Waals surface area contributed by atoms with Crippen molar-refractivity contribution in [3.05, 3.63) is 79.9 Å². The Labute approximate surface area is 129 Å². The van der Waals surface area contributed by atoms with E-state index in [0.717, 1.165) is 0 Å². The predicted molar refractivity (Wildman–Crippen MR) is 81.3 cm³/mol. The molecule has 1 amide bonds. The van der Waals surface area contributed by atoms with Crippen LogP contribution in [0.1, 0.15) is 15.9 Å². The minimum absolute atomic E-state index is 0.0638. The summed E-state index contributed by atoms with van der Waals surface area (Å²) in [6.45, 7) is 0. The van der Waals surface area contributed by atoms with E-state index in [-0.39, 0.29) is 16.9 Å². The molecule has 0 fully saturated rings. The van der Waals surface area contributed by atoms with Crippen LogP contribution in [0.25, 0.3) is 0 Å². The Kier molecular flexibility index (Phi) is 4.72. The van der Waals surface area contributed by atoms with Gasteiger partial charge in [-0.05, 0) is 23.8 Å². The molecule has 2 aromatic rings. The van der Waals surface area contributed by atoms with Crippen LogP contribution in [-0.4, -0.2) is 22.0 Å². The third-order valence-corrected chi connectivity index (χ3v) is 2.83. The zero-order chi connectivity index (χ0) is 16.8. The molecule has 0 radical (unpaired) electrons. The smallest absolute Gasteiger partial charge is 0.267 e. The van der Waals surface area contributed by atoms with Gasteiger partial charge in [0.25, 0.3) is 17.3 Å². The summed E-state index contributed by atoms with van der Waals surface area (Å²) in [6, 6.07) is 11.0. The van der Waals surface area contributed by atoms with Crippen molar-refractivity contribution < 1.29 is 14.6 Å². The molecule has 0 heterocycles. The minimum Gasteiger partial charge on any atom is -0.267 e. The molecule has 0 saturated carbocycles. The topological polar surface area (TPSA) is 128 Å². The van der Waals surface area contributed by atoms with Gasteiger partial charge in [-0.25, -0.2) is 5.43 Å². The highest BCUT2D eigenvalue weighted by Gasteiger charge is 2.18. The van der Waals surface area contributed by atoms with E-state index in [1.54, 1.807) is 0 Å². The zero-order valence-corrected chi connectivity index (χ0v) is 11.6. The van der Waals surface area contributed by atoms with E-state index in [1.165, 1.54) is 54.7 Å². The van der Waals surface area contributed by atoms with Crippen molar-refractivity contribution >= 4 is 23.5 Å². The number of nitrogens with zero attached hydrogens (tertiary/aromatic N) is 3. The number of rotatable bonds is 5. The summed E-state index contributed by atoms with van der Waals surface area (Å²) in [5, 5.41) is 25.0. The maximum atomic E-state index is 11.9. The van der Waals surface area contributed by atoms with Crippen LogP contribution in [0.3, 0.4) is 0 Å². The van der Waals surface area contributed by atoms with Crippen LogP contribution in [0.15, 0.2) is 53.6 Å². The number of hydrazone groups is 1. The quantitative estimate of drug-likeness (QED) is 0.514. The van der Waals surface area contributed by atoms with E-state index in [4.69, 9.17) is 0 Å². The zero-order valence-electron chi connectivity index (χ0n) is 11.6. The number of carbonyl (C=O) groups excluding carboxylic acids is 1. The summed E-state index contributed by atoms with van der Waals surface area (Å²) in [6.07, 6.45) is 1.27.